The van der Waals surface area contributed by atoms with Gasteiger partial charge >= 0.3 is 0 Å². The number of nitrogens with two attached hydrogens (primary N) is 1. The fourth-order valence-corrected chi connectivity index (χ4v) is 2.13. The fourth-order valence-electron chi connectivity index (χ4n) is 2.13. The summed E-state index contributed by atoms with van der Waals surface area (Å²) in [5, 5.41) is 3.51. The predicted molar refractivity (Wildman–Crippen MR) is 63.7 cm³/mol. The van der Waals surface area contributed by atoms with Crippen molar-refractivity contribution in [2.24, 2.45) is 5.92 Å². The maximum atomic E-state index is 5.54. The quantitative estimate of drug-likeness (QED) is 0.780. The highest BCUT2D eigenvalue weighted by Gasteiger charge is 2.17. The Morgan fingerprint density at radius 3 is 2.60 bits per heavy atom. The molecule has 82 valence electrons. The average Bonchev–Trinajstić information content (AvgIpc) is 2.25. The van der Waals surface area contributed by atoms with Crippen molar-refractivity contribution < 1.29 is 0 Å². The number of hydrogen-bond acceptors (Lipinski definition) is 3. The highest BCUT2D eigenvalue weighted by molar-refractivity contribution is 5.45. The van der Waals surface area contributed by atoms with Gasteiger partial charge in [-0.1, -0.05) is 6.92 Å². The number of hydrogen-bond donors (Lipinski definition) is 2. The van der Waals surface area contributed by atoms with Gasteiger partial charge in [0, 0.05) is 6.04 Å². The summed E-state index contributed by atoms with van der Waals surface area (Å²) in [4.78, 5) is 4.07. The minimum atomic E-state index is 0.581. The Balaban J connectivity index is 1.89. The summed E-state index contributed by atoms with van der Waals surface area (Å²) in [6, 6.07) is 4.46. The van der Waals surface area contributed by atoms with Crippen molar-refractivity contribution >= 4 is 11.5 Å². The molecule has 0 bridgehead atoms. The van der Waals surface area contributed by atoms with E-state index < -0.39 is 0 Å². The third-order valence-corrected chi connectivity index (χ3v) is 3.17. The van der Waals surface area contributed by atoms with Gasteiger partial charge in [-0.25, -0.2) is 4.98 Å². The third-order valence-electron chi connectivity index (χ3n) is 3.17. The molecule has 3 heteroatoms. The van der Waals surface area contributed by atoms with Crippen molar-refractivity contribution in [3.63, 3.8) is 0 Å². The third kappa shape index (κ3) is 2.85. The minimum absolute atomic E-state index is 0.581. The molecule has 1 aliphatic rings. The van der Waals surface area contributed by atoms with E-state index in [4.69, 9.17) is 5.73 Å². The van der Waals surface area contributed by atoms with Crippen LogP contribution < -0.4 is 11.1 Å². The summed E-state index contributed by atoms with van der Waals surface area (Å²) in [6.07, 6.45) is 7.02. The summed E-state index contributed by atoms with van der Waals surface area (Å²) in [5.41, 5.74) is 6.63. The molecule has 0 aliphatic heterocycles. The van der Waals surface area contributed by atoms with E-state index in [1.54, 1.807) is 0 Å². The van der Waals surface area contributed by atoms with Crippen LogP contribution in [0.5, 0.6) is 0 Å². The van der Waals surface area contributed by atoms with Crippen molar-refractivity contribution in [1.82, 2.24) is 4.98 Å². The lowest BCUT2D eigenvalue weighted by molar-refractivity contribution is 0.361. The number of nitrogens with zero attached hydrogens (tertiary/aromatic N) is 1. The van der Waals surface area contributed by atoms with Crippen LogP contribution in [0.4, 0.5) is 11.5 Å². The van der Waals surface area contributed by atoms with Crippen LogP contribution in [-0.4, -0.2) is 11.0 Å². The summed E-state index contributed by atoms with van der Waals surface area (Å²) >= 11 is 0. The molecular weight excluding hydrogens is 186 g/mol. The van der Waals surface area contributed by atoms with Gasteiger partial charge in [-0.3, -0.25) is 0 Å². The first-order chi connectivity index (χ1) is 7.24. The van der Waals surface area contributed by atoms with Crippen LogP contribution in [0.1, 0.15) is 32.6 Å². The summed E-state index contributed by atoms with van der Waals surface area (Å²) in [6.45, 7) is 2.33. The molecule has 1 saturated carbocycles. The van der Waals surface area contributed by atoms with E-state index in [0.717, 1.165) is 11.6 Å². The zero-order valence-corrected chi connectivity index (χ0v) is 9.24. The number of anilines is 2. The molecule has 0 atom stereocenters. The number of aromatic nitrogens is 1. The zero-order valence-electron chi connectivity index (χ0n) is 9.24. The Kier molecular flexibility index (Phi) is 3.09. The SMILES string of the molecule is CC1CCC(Nc2ccc(N)nc2)CC1. The molecule has 0 unspecified atom stereocenters. The van der Waals surface area contributed by atoms with Gasteiger partial charge in [-0.2, -0.15) is 0 Å². The van der Waals surface area contributed by atoms with Crippen LogP contribution in [0.3, 0.4) is 0 Å². The number of nitrogen functional groups attached to an aromatic ring is 1. The first-order valence-corrected chi connectivity index (χ1v) is 5.72. The Labute approximate surface area is 91.1 Å². The summed E-state index contributed by atoms with van der Waals surface area (Å²) in [5.74, 6) is 1.48. The smallest absolute Gasteiger partial charge is 0.123 e. The van der Waals surface area contributed by atoms with Crippen LogP contribution in [-0.2, 0) is 0 Å². The zero-order chi connectivity index (χ0) is 10.7. The molecule has 0 amide bonds. The molecule has 0 spiro atoms. The molecule has 0 saturated heterocycles. The molecule has 1 aromatic heterocycles. The molecule has 3 nitrogen and oxygen atoms in total. The van der Waals surface area contributed by atoms with Crippen molar-refractivity contribution in [1.29, 1.82) is 0 Å². The van der Waals surface area contributed by atoms with Crippen LogP contribution in [0.2, 0.25) is 0 Å². The van der Waals surface area contributed by atoms with Gasteiger partial charge in [-0.15, -0.1) is 0 Å². The van der Waals surface area contributed by atoms with Crippen LogP contribution >= 0.6 is 0 Å². The fraction of sp³-hybridized carbons (Fsp3) is 0.583. The Morgan fingerprint density at radius 1 is 1.27 bits per heavy atom. The van der Waals surface area contributed by atoms with Crippen molar-refractivity contribution in [3.8, 4) is 0 Å². The van der Waals surface area contributed by atoms with Crippen LogP contribution in [0.25, 0.3) is 0 Å². The van der Waals surface area contributed by atoms with Gasteiger partial charge < -0.3 is 11.1 Å². The van der Waals surface area contributed by atoms with Gasteiger partial charge in [0.05, 0.1) is 11.9 Å². The Morgan fingerprint density at radius 2 is 2.00 bits per heavy atom. The molecule has 15 heavy (non-hydrogen) atoms. The van der Waals surface area contributed by atoms with Gasteiger partial charge in [-0.05, 0) is 43.7 Å². The normalized spacial score (nSPS) is 26.2. The van der Waals surface area contributed by atoms with Gasteiger partial charge in [0.2, 0.25) is 0 Å². The maximum absolute atomic E-state index is 5.54. The Bertz CT molecular complexity index is 299. The van der Waals surface area contributed by atoms with E-state index in [1.165, 1.54) is 25.7 Å². The monoisotopic (exact) mass is 205 g/mol. The number of pyridine rings is 1. The lowest BCUT2D eigenvalue weighted by Crippen LogP contribution is -2.25. The average molecular weight is 205 g/mol. The standard InChI is InChI=1S/C12H19N3/c1-9-2-4-10(5-3-9)15-11-6-7-12(13)14-8-11/h6-10,15H,2-5H2,1H3,(H2,13,14). The van der Waals surface area contributed by atoms with Crippen LogP contribution in [0, 0.1) is 5.92 Å². The van der Waals surface area contributed by atoms with E-state index >= 15 is 0 Å². The highest BCUT2D eigenvalue weighted by Crippen LogP contribution is 2.25. The van der Waals surface area contributed by atoms with Crippen molar-refractivity contribution in [3.05, 3.63) is 18.3 Å². The first-order valence-electron chi connectivity index (χ1n) is 5.72. The molecule has 2 rings (SSSR count). The molecule has 1 heterocycles. The van der Waals surface area contributed by atoms with Crippen molar-refractivity contribution in [2.75, 3.05) is 11.1 Å². The lowest BCUT2D eigenvalue weighted by atomic mass is 9.87. The predicted octanol–water partition coefficient (Wildman–Crippen LogP) is 2.65. The maximum Gasteiger partial charge on any atom is 0.123 e. The van der Waals surface area contributed by atoms with E-state index in [0.29, 0.717) is 11.9 Å². The van der Waals surface area contributed by atoms with E-state index in [1.807, 2.05) is 18.3 Å². The molecule has 0 radical (unpaired) electrons. The molecule has 1 aliphatic carbocycles. The van der Waals surface area contributed by atoms with Crippen molar-refractivity contribution in [2.45, 2.75) is 38.6 Å². The topological polar surface area (TPSA) is 50.9 Å². The van der Waals surface area contributed by atoms with Gasteiger partial charge in [0.25, 0.3) is 0 Å². The number of rotatable bonds is 2. The summed E-state index contributed by atoms with van der Waals surface area (Å²) < 4.78 is 0. The summed E-state index contributed by atoms with van der Waals surface area (Å²) in [7, 11) is 0. The van der Waals surface area contributed by atoms with Crippen LogP contribution in [0.15, 0.2) is 18.3 Å². The molecular formula is C12H19N3. The molecule has 1 fully saturated rings. The second-order valence-corrected chi connectivity index (χ2v) is 4.57. The van der Waals surface area contributed by atoms with E-state index in [-0.39, 0.29) is 0 Å². The highest BCUT2D eigenvalue weighted by atomic mass is 14.9. The van der Waals surface area contributed by atoms with Gasteiger partial charge in [0.15, 0.2) is 0 Å². The second-order valence-electron chi connectivity index (χ2n) is 4.57. The lowest BCUT2D eigenvalue weighted by Gasteiger charge is -2.27. The number of nitrogens with one attached hydrogen (secondary N) is 1. The molecule has 3 N–H and O–H groups in total. The largest absolute Gasteiger partial charge is 0.384 e. The van der Waals surface area contributed by atoms with E-state index in [9.17, 15) is 0 Å². The van der Waals surface area contributed by atoms with Gasteiger partial charge in [0.1, 0.15) is 5.82 Å². The second kappa shape index (κ2) is 4.51. The molecule has 1 aromatic rings. The first kappa shape index (κ1) is 10.3. The Hall–Kier alpha value is -1.25. The minimum Gasteiger partial charge on any atom is -0.384 e. The van der Waals surface area contributed by atoms with E-state index in [2.05, 4.69) is 17.2 Å². The molecule has 0 aromatic carbocycles.